The third kappa shape index (κ3) is 4.56. The van der Waals surface area contributed by atoms with Crippen LogP contribution >= 0.6 is 0 Å². The van der Waals surface area contributed by atoms with Crippen LogP contribution in [0.3, 0.4) is 0 Å². The van der Waals surface area contributed by atoms with Crippen molar-refractivity contribution in [1.29, 1.82) is 0 Å². The maximum absolute atomic E-state index is 12.5. The molecule has 2 aliphatic carbocycles. The predicted octanol–water partition coefficient (Wildman–Crippen LogP) is 1.36. The third-order valence-corrected chi connectivity index (χ3v) is 7.15. The predicted molar refractivity (Wildman–Crippen MR) is 108 cm³/mol. The molecule has 8 nitrogen and oxygen atoms in total. The van der Waals surface area contributed by atoms with Gasteiger partial charge in [-0.3, -0.25) is 4.79 Å². The molecule has 4 rings (SSSR count). The molecule has 0 atom stereocenters. The molecule has 0 spiro atoms. The Bertz CT molecular complexity index is 890. The second-order valence-electron chi connectivity index (χ2n) is 7.85. The molecular formula is C20H27N3O5S. The molecule has 2 N–H and O–H groups in total. The number of carbonyl (C=O) groups is 2. The molecule has 3 aliphatic rings. The number of hydrogen-bond acceptors (Lipinski definition) is 5. The van der Waals surface area contributed by atoms with Gasteiger partial charge in [-0.15, -0.1) is 0 Å². The molecule has 0 radical (unpaired) electrons. The van der Waals surface area contributed by atoms with E-state index >= 15 is 0 Å². The molecule has 1 fully saturated rings. The van der Waals surface area contributed by atoms with Gasteiger partial charge in [-0.2, -0.15) is 0 Å². The van der Waals surface area contributed by atoms with Gasteiger partial charge in [-0.25, -0.2) is 17.9 Å². The van der Waals surface area contributed by atoms with Crippen LogP contribution in [0.5, 0.6) is 0 Å². The van der Waals surface area contributed by atoms with E-state index in [0.717, 1.165) is 55.3 Å². The largest absolute Gasteiger partial charge is 0.378 e. The number of urea groups is 1. The van der Waals surface area contributed by atoms with E-state index in [2.05, 4.69) is 16.1 Å². The van der Waals surface area contributed by atoms with Crippen LogP contribution in [0.2, 0.25) is 0 Å². The minimum Gasteiger partial charge on any atom is -0.378 e. The van der Waals surface area contributed by atoms with E-state index < -0.39 is 21.8 Å². The van der Waals surface area contributed by atoms with Crippen molar-refractivity contribution in [2.45, 2.75) is 44.9 Å². The first-order chi connectivity index (χ1) is 13.9. The Morgan fingerprint density at radius 2 is 1.62 bits per heavy atom. The Kier molecular flexibility index (Phi) is 5.78. The number of benzene rings is 1. The molecule has 29 heavy (non-hydrogen) atoms. The fourth-order valence-corrected chi connectivity index (χ4v) is 5.37. The molecule has 0 bridgehead atoms. The Morgan fingerprint density at radius 1 is 1.00 bits per heavy atom. The third-order valence-electron chi connectivity index (χ3n) is 5.91. The SMILES string of the molecule is O=C(Nc1c2c(cc3c1CCC3)CCC2)NS(=O)(=O)CCC(=O)N1CCOCC1. The molecule has 1 aromatic carbocycles. The average Bonchev–Trinajstić information content (AvgIpc) is 3.35. The molecule has 0 aromatic heterocycles. The van der Waals surface area contributed by atoms with Gasteiger partial charge in [0.15, 0.2) is 0 Å². The van der Waals surface area contributed by atoms with E-state index in [1.807, 2.05) is 0 Å². The summed E-state index contributed by atoms with van der Waals surface area (Å²) < 4.78 is 31.9. The number of fused-ring (bicyclic) bond motifs is 2. The maximum Gasteiger partial charge on any atom is 0.332 e. The van der Waals surface area contributed by atoms with Gasteiger partial charge < -0.3 is 15.0 Å². The van der Waals surface area contributed by atoms with E-state index in [1.165, 1.54) is 11.1 Å². The average molecular weight is 422 g/mol. The first-order valence-corrected chi connectivity index (χ1v) is 11.9. The van der Waals surface area contributed by atoms with Crippen LogP contribution in [0, 0.1) is 0 Å². The van der Waals surface area contributed by atoms with E-state index in [1.54, 1.807) is 4.90 Å². The molecule has 1 aliphatic heterocycles. The van der Waals surface area contributed by atoms with Crippen LogP contribution in [-0.4, -0.2) is 57.3 Å². The number of ether oxygens (including phenoxy) is 1. The summed E-state index contributed by atoms with van der Waals surface area (Å²) in [6, 6.07) is 1.50. The highest BCUT2D eigenvalue weighted by molar-refractivity contribution is 7.90. The van der Waals surface area contributed by atoms with Crippen molar-refractivity contribution in [2.75, 3.05) is 37.4 Å². The number of amides is 3. The fraction of sp³-hybridized carbons (Fsp3) is 0.600. The molecule has 158 valence electrons. The first kappa shape index (κ1) is 20.2. The number of hydrogen-bond donors (Lipinski definition) is 2. The number of anilines is 1. The summed E-state index contributed by atoms with van der Waals surface area (Å²) in [5.74, 6) is -0.653. The van der Waals surface area contributed by atoms with Gasteiger partial charge in [0.05, 0.1) is 19.0 Å². The quantitative estimate of drug-likeness (QED) is 0.747. The summed E-state index contributed by atoms with van der Waals surface area (Å²) in [4.78, 5) is 26.2. The Hall–Kier alpha value is -2.13. The Morgan fingerprint density at radius 3 is 2.24 bits per heavy atom. The molecule has 3 amide bonds. The zero-order valence-electron chi connectivity index (χ0n) is 16.5. The summed E-state index contributed by atoms with van der Waals surface area (Å²) in [6.45, 7) is 1.86. The van der Waals surface area contributed by atoms with E-state index in [-0.39, 0.29) is 12.3 Å². The van der Waals surface area contributed by atoms with E-state index in [4.69, 9.17) is 4.74 Å². The molecule has 1 aromatic rings. The van der Waals surface area contributed by atoms with Crippen LogP contribution in [0.4, 0.5) is 10.5 Å². The topological polar surface area (TPSA) is 105 Å². The number of carbonyl (C=O) groups excluding carboxylic acids is 2. The highest BCUT2D eigenvalue weighted by atomic mass is 32.2. The van der Waals surface area contributed by atoms with Crippen LogP contribution in [0.25, 0.3) is 0 Å². The zero-order valence-corrected chi connectivity index (χ0v) is 17.3. The van der Waals surface area contributed by atoms with E-state index in [0.29, 0.717) is 26.3 Å². The lowest BCUT2D eigenvalue weighted by Crippen LogP contribution is -2.42. The van der Waals surface area contributed by atoms with Crippen molar-refractivity contribution < 1.29 is 22.7 Å². The van der Waals surface area contributed by atoms with E-state index in [9.17, 15) is 18.0 Å². The lowest BCUT2D eigenvalue weighted by molar-refractivity contribution is -0.134. The van der Waals surface area contributed by atoms with Crippen molar-refractivity contribution >= 4 is 27.6 Å². The second-order valence-corrected chi connectivity index (χ2v) is 9.69. The smallest absolute Gasteiger partial charge is 0.332 e. The van der Waals surface area contributed by atoms with Gasteiger partial charge in [0.1, 0.15) is 0 Å². The van der Waals surface area contributed by atoms with Crippen LogP contribution in [0.15, 0.2) is 6.07 Å². The first-order valence-electron chi connectivity index (χ1n) is 10.3. The molecule has 9 heteroatoms. The number of nitrogens with zero attached hydrogens (tertiary/aromatic N) is 1. The van der Waals surface area contributed by atoms with Crippen LogP contribution in [-0.2, 0) is 45.2 Å². The lowest BCUT2D eigenvalue weighted by Gasteiger charge is -2.26. The van der Waals surface area contributed by atoms with Gasteiger partial charge >= 0.3 is 6.03 Å². The minimum atomic E-state index is -3.90. The second kappa shape index (κ2) is 8.31. The monoisotopic (exact) mass is 421 g/mol. The van der Waals surface area contributed by atoms with Crippen molar-refractivity contribution in [2.24, 2.45) is 0 Å². The standard InChI is InChI=1S/C20H27N3O5S/c24-18(23-8-10-28-11-9-23)7-12-29(26,27)22-20(25)21-19-16-5-1-3-14(16)13-15-4-2-6-17(15)19/h13H,1-12H2,(H2,21,22,25). The van der Waals surface area contributed by atoms with Crippen molar-refractivity contribution in [3.63, 3.8) is 0 Å². The number of morpholine rings is 1. The Balaban J connectivity index is 1.38. The molecule has 0 unspecified atom stereocenters. The van der Waals surface area contributed by atoms with Gasteiger partial charge in [-0.1, -0.05) is 6.07 Å². The normalized spacial score (nSPS) is 18.3. The maximum atomic E-state index is 12.5. The van der Waals surface area contributed by atoms with Crippen molar-refractivity contribution in [1.82, 2.24) is 9.62 Å². The number of sulfonamides is 1. The van der Waals surface area contributed by atoms with Crippen LogP contribution < -0.4 is 10.0 Å². The number of rotatable bonds is 5. The van der Waals surface area contributed by atoms with Gasteiger partial charge in [0.2, 0.25) is 15.9 Å². The number of aryl methyl sites for hydroxylation is 2. The number of nitrogens with one attached hydrogen (secondary N) is 2. The zero-order chi connectivity index (χ0) is 20.4. The summed E-state index contributed by atoms with van der Waals surface area (Å²) in [5, 5.41) is 2.81. The van der Waals surface area contributed by atoms with Gasteiger partial charge in [-0.05, 0) is 60.8 Å². The highest BCUT2D eigenvalue weighted by Gasteiger charge is 2.26. The molecular weight excluding hydrogens is 394 g/mol. The molecule has 1 heterocycles. The minimum absolute atomic E-state index is 0.154. The van der Waals surface area contributed by atoms with Gasteiger partial charge in [0, 0.05) is 25.2 Å². The summed E-state index contributed by atoms with van der Waals surface area (Å²) in [7, 11) is -3.90. The van der Waals surface area contributed by atoms with Crippen molar-refractivity contribution in [3.05, 3.63) is 28.3 Å². The Labute approximate surface area is 171 Å². The summed E-state index contributed by atoms with van der Waals surface area (Å²) in [6.07, 6.45) is 5.76. The summed E-state index contributed by atoms with van der Waals surface area (Å²) >= 11 is 0. The lowest BCUT2D eigenvalue weighted by atomic mass is 9.99. The van der Waals surface area contributed by atoms with Crippen molar-refractivity contribution in [3.8, 4) is 0 Å². The molecule has 1 saturated heterocycles. The van der Waals surface area contributed by atoms with Crippen LogP contribution in [0.1, 0.15) is 41.5 Å². The van der Waals surface area contributed by atoms with Gasteiger partial charge in [0.25, 0.3) is 0 Å². The molecule has 0 saturated carbocycles. The fourth-order valence-electron chi connectivity index (χ4n) is 4.49. The summed E-state index contributed by atoms with van der Waals surface area (Å²) in [5.41, 5.74) is 5.60. The highest BCUT2D eigenvalue weighted by Crippen LogP contribution is 2.38.